The maximum absolute atomic E-state index is 10.4. The van der Waals surface area contributed by atoms with Gasteiger partial charge < -0.3 is 24.6 Å². The minimum atomic E-state index is -0.886. The topological polar surface area (TPSA) is 127 Å². The summed E-state index contributed by atoms with van der Waals surface area (Å²) in [7, 11) is 0. The number of hydrogen-bond acceptors (Lipinski definition) is 8. The van der Waals surface area contributed by atoms with E-state index in [0.29, 0.717) is 18.9 Å². The van der Waals surface area contributed by atoms with Gasteiger partial charge in [0.05, 0.1) is 24.5 Å². The highest BCUT2D eigenvalue weighted by atomic mass is 17.0. The van der Waals surface area contributed by atoms with E-state index in [2.05, 4.69) is 9.99 Å². The Bertz CT molecular complexity index is 425. The quantitative estimate of drug-likeness (QED) is 0.381. The lowest BCUT2D eigenvalue weighted by Gasteiger charge is -2.18. The van der Waals surface area contributed by atoms with Gasteiger partial charge in [-0.2, -0.15) is 0 Å². The molecule has 6 unspecified atom stereocenters. The average molecular weight is 288 g/mol. The van der Waals surface area contributed by atoms with Gasteiger partial charge >= 0.3 is 0 Å². The number of fused-ring (bicyclic) bond motifs is 1. The van der Waals surface area contributed by atoms with Crippen LogP contribution in [0, 0.1) is 22.0 Å². The van der Waals surface area contributed by atoms with Crippen molar-refractivity contribution in [3.8, 4) is 0 Å². The standard InChI is InChI=1S/C11H16N2O7/c14-7-1-6(12-19-4-5-3-18-5)10-8(15)2-9(11(7)10)20-13(16)17/h5,7-11,14-15H,1-4H2. The first kappa shape index (κ1) is 13.5. The molecule has 0 amide bonds. The first-order valence-electron chi connectivity index (χ1n) is 6.54. The number of nitrogens with zero attached hydrogens (tertiary/aromatic N) is 2. The summed E-state index contributed by atoms with van der Waals surface area (Å²) < 4.78 is 4.97. The molecule has 3 rings (SSSR count). The van der Waals surface area contributed by atoms with Crippen LogP contribution in [0.25, 0.3) is 0 Å². The molecule has 0 aromatic rings. The maximum Gasteiger partial charge on any atom is 0.294 e. The fourth-order valence-corrected chi connectivity index (χ4v) is 3.14. The number of epoxide rings is 1. The molecule has 0 aromatic heterocycles. The minimum Gasteiger partial charge on any atom is -0.393 e. The predicted molar refractivity (Wildman–Crippen MR) is 63.2 cm³/mol. The van der Waals surface area contributed by atoms with Crippen molar-refractivity contribution in [2.75, 3.05) is 13.2 Å². The van der Waals surface area contributed by atoms with Crippen LogP contribution in [0.15, 0.2) is 5.16 Å². The Kier molecular flexibility index (Phi) is 3.48. The van der Waals surface area contributed by atoms with Crippen molar-refractivity contribution in [3.63, 3.8) is 0 Å². The third-order valence-electron chi connectivity index (χ3n) is 4.05. The van der Waals surface area contributed by atoms with Gasteiger partial charge in [-0.25, -0.2) is 0 Å². The molecule has 2 aliphatic carbocycles. The summed E-state index contributed by atoms with van der Waals surface area (Å²) in [6.07, 6.45) is -2.03. The molecule has 9 heteroatoms. The molecule has 1 aliphatic heterocycles. The van der Waals surface area contributed by atoms with E-state index in [-0.39, 0.29) is 18.9 Å². The van der Waals surface area contributed by atoms with E-state index in [4.69, 9.17) is 9.57 Å². The molecule has 0 radical (unpaired) electrons. The van der Waals surface area contributed by atoms with Gasteiger partial charge in [0.15, 0.2) is 0 Å². The Balaban J connectivity index is 1.68. The summed E-state index contributed by atoms with van der Waals surface area (Å²) in [5.74, 6) is -0.968. The van der Waals surface area contributed by atoms with Crippen molar-refractivity contribution in [1.82, 2.24) is 0 Å². The third-order valence-corrected chi connectivity index (χ3v) is 4.05. The van der Waals surface area contributed by atoms with Gasteiger partial charge in [-0.1, -0.05) is 5.16 Å². The summed E-state index contributed by atoms with van der Waals surface area (Å²) >= 11 is 0. The Morgan fingerprint density at radius 3 is 2.85 bits per heavy atom. The summed E-state index contributed by atoms with van der Waals surface area (Å²) in [5.41, 5.74) is 0.532. The Labute approximate surface area is 114 Å². The zero-order valence-corrected chi connectivity index (χ0v) is 10.6. The summed E-state index contributed by atoms with van der Waals surface area (Å²) in [5, 5.41) is 33.5. The molecule has 112 valence electrons. The molecule has 0 aromatic carbocycles. The second-order valence-corrected chi connectivity index (χ2v) is 5.38. The van der Waals surface area contributed by atoms with Crippen LogP contribution in [0.3, 0.4) is 0 Å². The van der Waals surface area contributed by atoms with Crippen LogP contribution in [0.2, 0.25) is 0 Å². The Hall–Kier alpha value is -1.45. The Morgan fingerprint density at radius 2 is 2.20 bits per heavy atom. The maximum atomic E-state index is 10.4. The Morgan fingerprint density at radius 1 is 1.45 bits per heavy atom. The van der Waals surface area contributed by atoms with E-state index >= 15 is 0 Å². The van der Waals surface area contributed by atoms with Crippen LogP contribution in [0.1, 0.15) is 12.8 Å². The molecule has 20 heavy (non-hydrogen) atoms. The van der Waals surface area contributed by atoms with E-state index in [1.165, 1.54) is 0 Å². The average Bonchev–Trinajstić information content (AvgIpc) is 3.03. The van der Waals surface area contributed by atoms with E-state index in [1.807, 2.05) is 0 Å². The van der Waals surface area contributed by atoms with Crippen LogP contribution in [0.5, 0.6) is 0 Å². The van der Waals surface area contributed by atoms with E-state index in [0.717, 1.165) is 0 Å². The van der Waals surface area contributed by atoms with Gasteiger partial charge in [-0.05, 0) is 0 Å². The molecule has 1 heterocycles. The molecular weight excluding hydrogens is 272 g/mol. The predicted octanol–water partition coefficient (Wildman–Crippen LogP) is -0.904. The molecular formula is C11H16N2O7. The molecule has 6 atom stereocenters. The van der Waals surface area contributed by atoms with Gasteiger partial charge in [0.1, 0.15) is 18.8 Å². The summed E-state index contributed by atoms with van der Waals surface area (Å²) in [6.45, 7) is 0.989. The van der Waals surface area contributed by atoms with E-state index in [1.54, 1.807) is 0 Å². The minimum absolute atomic E-state index is 0.0699. The number of hydrogen-bond donors (Lipinski definition) is 2. The van der Waals surface area contributed by atoms with Crippen molar-refractivity contribution in [2.24, 2.45) is 17.0 Å². The lowest BCUT2D eigenvalue weighted by atomic mass is 9.96. The molecule has 9 nitrogen and oxygen atoms in total. The molecule has 3 fully saturated rings. The monoisotopic (exact) mass is 288 g/mol. The molecule has 1 saturated heterocycles. The van der Waals surface area contributed by atoms with Crippen LogP contribution in [0.4, 0.5) is 0 Å². The van der Waals surface area contributed by atoms with Crippen LogP contribution in [-0.4, -0.2) is 58.6 Å². The van der Waals surface area contributed by atoms with Crippen LogP contribution >= 0.6 is 0 Å². The third kappa shape index (κ3) is 2.56. The number of ether oxygens (including phenoxy) is 1. The highest BCUT2D eigenvalue weighted by molar-refractivity contribution is 5.90. The van der Waals surface area contributed by atoms with Crippen molar-refractivity contribution in [2.45, 2.75) is 37.3 Å². The van der Waals surface area contributed by atoms with Gasteiger partial charge in [0.2, 0.25) is 0 Å². The van der Waals surface area contributed by atoms with Crippen molar-refractivity contribution in [3.05, 3.63) is 10.1 Å². The number of rotatable bonds is 5. The second-order valence-electron chi connectivity index (χ2n) is 5.38. The highest BCUT2D eigenvalue weighted by Gasteiger charge is 2.55. The lowest BCUT2D eigenvalue weighted by Crippen LogP contribution is -2.30. The zero-order chi connectivity index (χ0) is 14.3. The number of oxime groups is 1. The molecule has 0 spiro atoms. The zero-order valence-electron chi connectivity index (χ0n) is 10.6. The summed E-state index contributed by atoms with van der Waals surface area (Å²) in [6, 6.07) is 0. The lowest BCUT2D eigenvalue weighted by molar-refractivity contribution is -0.770. The highest BCUT2D eigenvalue weighted by Crippen LogP contribution is 2.44. The van der Waals surface area contributed by atoms with Gasteiger partial charge in [0, 0.05) is 24.7 Å². The second kappa shape index (κ2) is 5.15. The van der Waals surface area contributed by atoms with Crippen molar-refractivity contribution < 1.29 is 29.7 Å². The van der Waals surface area contributed by atoms with Crippen molar-refractivity contribution in [1.29, 1.82) is 0 Å². The van der Waals surface area contributed by atoms with Gasteiger partial charge in [-0.15, -0.1) is 10.1 Å². The van der Waals surface area contributed by atoms with E-state index in [9.17, 15) is 20.3 Å². The fraction of sp³-hybridized carbons (Fsp3) is 0.909. The smallest absolute Gasteiger partial charge is 0.294 e. The number of aliphatic hydroxyl groups excluding tert-OH is 2. The normalized spacial score (nSPS) is 44.4. The van der Waals surface area contributed by atoms with Gasteiger partial charge in [0.25, 0.3) is 5.09 Å². The van der Waals surface area contributed by atoms with Crippen molar-refractivity contribution >= 4 is 5.71 Å². The number of aliphatic hydroxyl groups is 2. The molecule has 3 aliphatic rings. The molecule has 2 saturated carbocycles. The SMILES string of the molecule is O=[N+]([O-])OC1CC(O)C2C(=NOCC3CO3)CC(O)C12. The fourth-order valence-electron chi connectivity index (χ4n) is 3.14. The van der Waals surface area contributed by atoms with E-state index < -0.39 is 35.2 Å². The largest absolute Gasteiger partial charge is 0.393 e. The summed E-state index contributed by atoms with van der Waals surface area (Å²) in [4.78, 5) is 20.1. The first-order valence-corrected chi connectivity index (χ1v) is 6.54. The van der Waals surface area contributed by atoms with Crippen LogP contribution in [-0.2, 0) is 14.4 Å². The first-order chi connectivity index (χ1) is 9.56. The van der Waals surface area contributed by atoms with Gasteiger partial charge in [-0.3, -0.25) is 0 Å². The molecule has 0 bridgehead atoms. The van der Waals surface area contributed by atoms with Crippen LogP contribution < -0.4 is 0 Å². The molecule has 2 N–H and O–H groups in total.